The van der Waals surface area contributed by atoms with E-state index in [9.17, 15) is 9.59 Å². The van der Waals surface area contributed by atoms with Crippen molar-refractivity contribution in [2.75, 3.05) is 27.4 Å². The minimum Gasteiger partial charge on any atom is -0.495 e. The standard InChI is InChI=1S/C35H38ClN5O5/c1-35(34(37)43)17-46-31-24(35)15-26(41-30(31)22-12-13-38-33(45-3)28(22)36)23(18-4-5-18)16-39-32(42)21-9-8-20-10-11-25(19-6-7-19)40-29(20)27(14-21)44-2/h9,11-15,18-20,23H,4-8,10,16-17H2,1-3H3,(H2,37,43)(H,39,42)/t20?,23-,35-/m0/s1. The first-order valence-corrected chi connectivity index (χ1v) is 16.3. The Morgan fingerprint density at radius 3 is 2.63 bits per heavy atom. The van der Waals surface area contributed by atoms with Gasteiger partial charge >= 0.3 is 0 Å². The van der Waals surface area contributed by atoms with Gasteiger partial charge in [-0.1, -0.05) is 23.8 Å². The van der Waals surface area contributed by atoms with Gasteiger partial charge in [0.15, 0.2) is 0 Å². The number of aliphatic imine (C=N–C) groups is 1. The van der Waals surface area contributed by atoms with E-state index >= 15 is 0 Å². The normalized spacial score (nSPS) is 24.1. The molecule has 5 aliphatic rings. The molecule has 0 saturated heterocycles. The lowest BCUT2D eigenvalue weighted by atomic mass is 9.82. The van der Waals surface area contributed by atoms with Crippen molar-refractivity contribution >= 4 is 29.1 Å². The number of fused-ring (bicyclic) bond motifs is 2. The third-order valence-electron chi connectivity index (χ3n) is 9.88. The number of aromatic nitrogens is 2. The molecule has 7 rings (SSSR count). The largest absolute Gasteiger partial charge is 0.495 e. The van der Waals surface area contributed by atoms with Gasteiger partial charge in [-0.3, -0.25) is 14.6 Å². The smallest absolute Gasteiger partial charge is 0.251 e. The number of pyridine rings is 2. The molecule has 2 aromatic heterocycles. The van der Waals surface area contributed by atoms with Gasteiger partial charge in [-0.2, -0.15) is 0 Å². The fourth-order valence-corrected chi connectivity index (χ4v) is 6.94. The number of allylic oxidation sites excluding steroid dienone is 4. The Hall–Kier alpha value is -4.18. The average molecular weight is 644 g/mol. The minimum atomic E-state index is -1.05. The van der Waals surface area contributed by atoms with Crippen molar-refractivity contribution in [1.29, 1.82) is 0 Å². The van der Waals surface area contributed by atoms with E-state index in [4.69, 9.17) is 41.5 Å². The molecule has 2 aromatic rings. The summed E-state index contributed by atoms with van der Waals surface area (Å²) in [7, 11) is 3.13. The van der Waals surface area contributed by atoms with Gasteiger partial charge in [-0.25, -0.2) is 9.97 Å². The number of primary amides is 1. The van der Waals surface area contributed by atoms with Crippen LogP contribution in [-0.2, 0) is 19.7 Å². The number of carbonyl (C=O) groups is 2. The summed E-state index contributed by atoms with van der Waals surface area (Å²) in [6.07, 6.45) is 13.6. The van der Waals surface area contributed by atoms with Gasteiger partial charge in [0.2, 0.25) is 11.8 Å². The Morgan fingerprint density at radius 2 is 1.93 bits per heavy atom. The van der Waals surface area contributed by atoms with Crippen molar-refractivity contribution in [1.82, 2.24) is 15.3 Å². The Morgan fingerprint density at radius 1 is 1.15 bits per heavy atom. The van der Waals surface area contributed by atoms with E-state index in [1.165, 1.54) is 20.0 Å². The number of nitrogens with two attached hydrogens (primary N) is 1. The highest BCUT2D eigenvalue weighted by molar-refractivity contribution is 6.34. The summed E-state index contributed by atoms with van der Waals surface area (Å²) in [6, 6.07) is 3.66. The van der Waals surface area contributed by atoms with Crippen molar-refractivity contribution in [3.63, 3.8) is 0 Å². The Labute approximate surface area is 273 Å². The molecule has 10 nitrogen and oxygen atoms in total. The van der Waals surface area contributed by atoms with Crippen LogP contribution in [0, 0.1) is 17.8 Å². The predicted molar refractivity (Wildman–Crippen MR) is 174 cm³/mol. The molecule has 240 valence electrons. The summed E-state index contributed by atoms with van der Waals surface area (Å²) >= 11 is 6.72. The third-order valence-corrected chi connectivity index (χ3v) is 10.2. The summed E-state index contributed by atoms with van der Waals surface area (Å²) in [5.74, 6) is 1.65. The molecule has 0 aromatic carbocycles. The van der Waals surface area contributed by atoms with Crippen LogP contribution in [0.5, 0.6) is 11.6 Å². The lowest BCUT2D eigenvalue weighted by Gasteiger charge is -2.22. The lowest BCUT2D eigenvalue weighted by Crippen LogP contribution is -2.40. The average Bonchev–Trinajstić information content (AvgIpc) is 3.98. The van der Waals surface area contributed by atoms with Crippen LogP contribution in [-0.4, -0.2) is 54.9 Å². The SMILES string of the molecule is COC1=CC(C(=O)NC[C@H](c2cc3c(c(-c4ccnc(OC)c4Cl)n2)OC[C@]3(C)C(N)=O)C2CC2)=CCC2CC=C(C3CC3)N=C12. The van der Waals surface area contributed by atoms with Crippen molar-refractivity contribution in [2.45, 2.75) is 56.8 Å². The van der Waals surface area contributed by atoms with E-state index in [1.54, 1.807) is 26.3 Å². The molecule has 0 bridgehead atoms. The highest BCUT2D eigenvalue weighted by atomic mass is 35.5. The molecule has 4 heterocycles. The summed E-state index contributed by atoms with van der Waals surface area (Å²) in [5.41, 5.74) is 9.96. The van der Waals surface area contributed by atoms with E-state index in [0.717, 1.165) is 36.4 Å². The Bertz CT molecular complexity index is 1740. The lowest BCUT2D eigenvalue weighted by molar-refractivity contribution is -0.123. The maximum absolute atomic E-state index is 13.7. The number of halogens is 1. The number of nitrogens with one attached hydrogen (secondary N) is 1. The molecule has 1 unspecified atom stereocenters. The highest BCUT2D eigenvalue weighted by Gasteiger charge is 2.45. The van der Waals surface area contributed by atoms with Crippen LogP contribution < -0.4 is 20.5 Å². The molecule has 2 amide bonds. The van der Waals surface area contributed by atoms with Crippen LogP contribution in [0.1, 0.15) is 62.6 Å². The number of nitrogens with zero attached hydrogens (tertiary/aromatic N) is 3. The van der Waals surface area contributed by atoms with Crippen LogP contribution in [0.3, 0.4) is 0 Å². The van der Waals surface area contributed by atoms with Crippen molar-refractivity contribution in [2.24, 2.45) is 28.5 Å². The minimum absolute atomic E-state index is 0.0900. The molecule has 3 aliphatic carbocycles. The number of rotatable bonds is 10. The second-order valence-corrected chi connectivity index (χ2v) is 13.4. The number of ether oxygens (including phenoxy) is 3. The Kier molecular flexibility index (Phi) is 7.87. The molecule has 2 saturated carbocycles. The van der Waals surface area contributed by atoms with Crippen LogP contribution >= 0.6 is 11.6 Å². The maximum atomic E-state index is 13.7. The summed E-state index contributed by atoms with van der Waals surface area (Å²) in [5, 5.41) is 3.47. The molecule has 2 fully saturated rings. The summed E-state index contributed by atoms with van der Waals surface area (Å²) in [6.45, 7) is 2.23. The molecule has 11 heteroatoms. The quantitative estimate of drug-likeness (QED) is 0.364. The Balaban J connectivity index is 1.19. The second-order valence-electron chi connectivity index (χ2n) is 13.0. The van der Waals surface area contributed by atoms with Gasteiger partial charge in [0, 0.05) is 58.6 Å². The van der Waals surface area contributed by atoms with Gasteiger partial charge in [0.1, 0.15) is 34.2 Å². The molecule has 3 atom stereocenters. The zero-order valence-electron chi connectivity index (χ0n) is 26.3. The first kappa shape index (κ1) is 30.5. The van der Waals surface area contributed by atoms with Gasteiger partial charge in [-0.15, -0.1) is 0 Å². The van der Waals surface area contributed by atoms with Gasteiger partial charge in [0.05, 0.1) is 19.9 Å². The number of hydrogen-bond acceptors (Lipinski definition) is 8. The first-order chi connectivity index (χ1) is 22.2. The summed E-state index contributed by atoms with van der Waals surface area (Å²) in [4.78, 5) is 40.7. The highest BCUT2D eigenvalue weighted by Crippen LogP contribution is 2.50. The fourth-order valence-electron chi connectivity index (χ4n) is 6.66. The third kappa shape index (κ3) is 5.46. The maximum Gasteiger partial charge on any atom is 0.251 e. The van der Waals surface area contributed by atoms with Crippen LogP contribution in [0.2, 0.25) is 5.02 Å². The second kappa shape index (κ2) is 11.9. The van der Waals surface area contributed by atoms with Crippen LogP contribution in [0.4, 0.5) is 0 Å². The van der Waals surface area contributed by atoms with E-state index < -0.39 is 11.3 Å². The van der Waals surface area contributed by atoms with E-state index in [-0.39, 0.29) is 35.3 Å². The molecule has 2 aliphatic heterocycles. The zero-order chi connectivity index (χ0) is 32.2. The molecular formula is C35H38ClN5O5. The van der Waals surface area contributed by atoms with E-state index in [2.05, 4.69) is 16.4 Å². The predicted octanol–water partition coefficient (Wildman–Crippen LogP) is 5.17. The topological polar surface area (TPSA) is 138 Å². The summed E-state index contributed by atoms with van der Waals surface area (Å²) < 4.78 is 17.2. The van der Waals surface area contributed by atoms with Crippen molar-refractivity contribution in [3.8, 4) is 22.9 Å². The number of carbonyl (C=O) groups excluding carboxylic acids is 2. The van der Waals surface area contributed by atoms with Gasteiger partial charge in [-0.05, 0) is 69.6 Å². The van der Waals surface area contributed by atoms with Crippen molar-refractivity contribution < 1.29 is 23.8 Å². The monoisotopic (exact) mass is 643 g/mol. The van der Waals surface area contributed by atoms with Gasteiger partial charge < -0.3 is 25.3 Å². The van der Waals surface area contributed by atoms with Crippen LogP contribution in [0.25, 0.3) is 11.3 Å². The van der Waals surface area contributed by atoms with Crippen LogP contribution in [0.15, 0.2) is 58.6 Å². The van der Waals surface area contributed by atoms with E-state index in [1.807, 2.05) is 18.2 Å². The number of methoxy groups -OCH3 is 2. The molecule has 46 heavy (non-hydrogen) atoms. The first-order valence-electron chi connectivity index (χ1n) is 15.9. The van der Waals surface area contributed by atoms with Gasteiger partial charge in [0.25, 0.3) is 5.91 Å². The van der Waals surface area contributed by atoms with Crippen molar-refractivity contribution in [3.05, 3.63) is 69.9 Å². The zero-order valence-corrected chi connectivity index (χ0v) is 27.0. The molecule has 3 N–H and O–H groups in total. The molecule has 0 radical (unpaired) electrons. The fraction of sp³-hybridized carbons (Fsp3) is 0.457. The molecule has 0 spiro atoms. The van der Waals surface area contributed by atoms with E-state index in [0.29, 0.717) is 58.7 Å². The molecular weight excluding hydrogens is 606 g/mol. The number of hydrogen-bond donors (Lipinski definition) is 2. The number of amides is 2.